The minimum Gasteiger partial charge on any atom is -0.322 e. The summed E-state index contributed by atoms with van der Waals surface area (Å²) in [5, 5.41) is 9.15. The van der Waals surface area contributed by atoms with E-state index in [1.54, 1.807) is 6.07 Å². The van der Waals surface area contributed by atoms with Crippen molar-refractivity contribution in [3.8, 4) is 0 Å². The normalized spacial score (nSPS) is 20.8. The van der Waals surface area contributed by atoms with E-state index in [0.29, 0.717) is 16.6 Å². The van der Waals surface area contributed by atoms with Crippen LogP contribution in [0.2, 0.25) is 5.02 Å². The molecule has 7 heteroatoms. The van der Waals surface area contributed by atoms with Crippen LogP contribution in [0.5, 0.6) is 0 Å². The van der Waals surface area contributed by atoms with Crippen LogP contribution in [0.1, 0.15) is 49.0 Å². The van der Waals surface area contributed by atoms with Gasteiger partial charge in [0.05, 0.1) is 22.1 Å². The summed E-state index contributed by atoms with van der Waals surface area (Å²) < 4.78 is 2.85. The second-order valence-corrected chi connectivity index (χ2v) is 9.88. The molecular weight excluding hydrogens is 487 g/mol. The number of aromatic nitrogens is 3. The van der Waals surface area contributed by atoms with E-state index in [1.165, 1.54) is 38.1 Å². The van der Waals surface area contributed by atoms with Gasteiger partial charge in [0.1, 0.15) is 0 Å². The van der Waals surface area contributed by atoms with Crippen LogP contribution in [0.3, 0.4) is 0 Å². The molecule has 0 aliphatic heterocycles. The zero-order valence-electron chi connectivity index (χ0n) is 15.6. The van der Waals surface area contributed by atoms with Crippen molar-refractivity contribution in [2.24, 2.45) is 5.92 Å². The first-order valence-corrected chi connectivity index (χ1v) is 11.2. The lowest BCUT2D eigenvalue weighted by Crippen LogP contribution is -2.22. The van der Waals surface area contributed by atoms with Crippen LogP contribution < -0.4 is 5.32 Å². The third-order valence-electron chi connectivity index (χ3n) is 5.51. The number of carbonyl (C=O) groups is 1. The number of halogens is 2. The Labute approximate surface area is 183 Å². The van der Waals surface area contributed by atoms with Crippen molar-refractivity contribution >= 4 is 56.7 Å². The molecule has 1 unspecified atom stereocenters. The molecule has 1 aliphatic carbocycles. The molecular formula is C21H22ClIN4O. The van der Waals surface area contributed by atoms with Gasteiger partial charge in [0.2, 0.25) is 0 Å². The quantitative estimate of drug-likeness (QED) is 0.353. The number of hydrogen-bond donors (Lipinski definition) is 1. The summed E-state index contributed by atoms with van der Waals surface area (Å²) in [4.78, 5) is 16.4. The predicted octanol–water partition coefficient (Wildman–Crippen LogP) is 5.89. The third kappa shape index (κ3) is 4.33. The Morgan fingerprint density at radius 3 is 2.75 bits per heavy atom. The highest BCUT2D eigenvalue weighted by atomic mass is 127. The second kappa shape index (κ2) is 8.37. The second-order valence-electron chi connectivity index (χ2n) is 7.47. The minimum atomic E-state index is -0.229. The molecule has 2 aromatic heterocycles. The highest BCUT2D eigenvalue weighted by Crippen LogP contribution is 2.36. The minimum absolute atomic E-state index is 0.229. The maximum atomic E-state index is 12.4. The smallest absolute Gasteiger partial charge is 0.257 e. The molecule has 1 aliphatic rings. The highest BCUT2D eigenvalue weighted by Gasteiger charge is 2.25. The number of anilines is 1. The van der Waals surface area contributed by atoms with Gasteiger partial charge in [0, 0.05) is 33.6 Å². The first kappa shape index (κ1) is 19.6. The van der Waals surface area contributed by atoms with E-state index >= 15 is 0 Å². The summed E-state index contributed by atoms with van der Waals surface area (Å²) in [6, 6.07) is 7.87. The Morgan fingerprint density at radius 2 is 2.04 bits per heavy atom. The number of alkyl halides is 1. The van der Waals surface area contributed by atoms with Crippen LogP contribution in [-0.2, 0) is 0 Å². The van der Waals surface area contributed by atoms with Crippen molar-refractivity contribution in [2.75, 3.05) is 5.32 Å². The molecule has 1 aromatic carbocycles. The molecule has 1 atom stereocenters. The fourth-order valence-electron chi connectivity index (χ4n) is 3.87. The van der Waals surface area contributed by atoms with E-state index in [9.17, 15) is 4.79 Å². The van der Waals surface area contributed by atoms with Gasteiger partial charge in [-0.2, -0.15) is 5.10 Å². The highest BCUT2D eigenvalue weighted by molar-refractivity contribution is 14.1. The van der Waals surface area contributed by atoms with Crippen molar-refractivity contribution in [1.29, 1.82) is 0 Å². The summed E-state index contributed by atoms with van der Waals surface area (Å²) in [6.45, 7) is 2.31. The first-order valence-electron chi connectivity index (χ1n) is 9.54. The monoisotopic (exact) mass is 508 g/mol. The third-order valence-corrected chi connectivity index (χ3v) is 6.74. The standard InChI is InChI=1S/C21H22ClIN4O/c1-13(23)14-2-5-19(6-3-14)27-12-16-9-18(4-7-20(16)26-27)25-21(28)15-8-17(22)11-24-10-15/h4,7-14,19H,2-3,5-6H2,1H3,(H,25,28). The number of pyridine rings is 1. The number of benzene rings is 1. The van der Waals surface area contributed by atoms with Crippen molar-refractivity contribution in [3.63, 3.8) is 0 Å². The van der Waals surface area contributed by atoms with Gasteiger partial charge in [-0.15, -0.1) is 0 Å². The van der Waals surface area contributed by atoms with E-state index in [0.717, 1.165) is 26.4 Å². The first-order chi connectivity index (χ1) is 13.5. The number of carbonyl (C=O) groups excluding carboxylic acids is 1. The molecule has 0 radical (unpaired) electrons. The van der Waals surface area contributed by atoms with Gasteiger partial charge in [0.15, 0.2) is 0 Å². The molecule has 0 spiro atoms. The molecule has 3 aromatic rings. The number of nitrogens with zero attached hydrogens (tertiary/aromatic N) is 3. The molecule has 2 heterocycles. The van der Waals surface area contributed by atoms with Gasteiger partial charge >= 0.3 is 0 Å². The van der Waals surface area contributed by atoms with Crippen LogP contribution in [0.25, 0.3) is 10.9 Å². The Hall–Kier alpha value is -1.67. The zero-order chi connectivity index (χ0) is 19.7. The predicted molar refractivity (Wildman–Crippen MR) is 121 cm³/mol. The molecule has 1 N–H and O–H groups in total. The van der Waals surface area contributed by atoms with Crippen LogP contribution in [0.4, 0.5) is 5.69 Å². The summed E-state index contributed by atoms with van der Waals surface area (Å²) in [5.41, 5.74) is 2.12. The van der Waals surface area contributed by atoms with Gasteiger partial charge in [-0.3, -0.25) is 14.5 Å². The molecule has 0 bridgehead atoms. The lowest BCUT2D eigenvalue weighted by atomic mass is 9.84. The molecule has 0 saturated heterocycles. The zero-order valence-corrected chi connectivity index (χ0v) is 18.5. The van der Waals surface area contributed by atoms with Crippen LogP contribution in [-0.4, -0.2) is 24.6 Å². The molecule has 4 rings (SSSR count). The van der Waals surface area contributed by atoms with Crippen LogP contribution in [0.15, 0.2) is 42.9 Å². The van der Waals surface area contributed by atoms with E-state index < -0.39 is 0 Å². The fourth-order valence-corrected chi connectivity index (χ4v) is 4.77. The number of nitrogens with one attached hydrogen (secondary N) is 1. The van der Waals surface area contributed by atoms with Crippen LogP contribution >= 0.6 is 34.2 Å². The van der Waals surface area contributed by atoms with Crippen molar-refractivity contribution in [1.82, 2.24) is 14.8 Å². The lowest BCUT2D eigenvalue weighted by molar-refractivity contribution is 0.102. The number of hydrogen-bond acceptors (Lipinski definition) is 3. The SMILES string of the molecule is CC(I)C1CCC(n2cc3cc(NC(=O)c4cncc(Cl)c4)ccc3n2)CC1. The number of rotatable bonds is 4. The van der Waals surface area contributed by atoms with Crippen molar-refractivity contribution < 1.29 is 4.79 Å². The molecule has 1 fully saturated rings. The topological polar surface area (TPSA) is 59.8 Å². The Kier molecular flexibility index (Phi) is 5.87. The Morgan fingerprint density at radius 1 is 1.25 bits per heavy atom. The Balaban J connectivity index is 1.48. The van der Waals surface area contributed by atoms with Gasteiger partial charge in [-0.05, 0) is 55.9 Å². The molecule has 146 valence electrons. The van der Waals surface area contributed by atoms with Gasteiger partial charge in [0.25, 0.3) is 5.91 Å². The molecule has 1 saturated carbocycles. The van der Waals surface area contributed by atoms with Gasteiger partial charge in [-0.1, -0.05) is 41.1 Å². The summed E-state index contributed by atoms with van der Waals surface area (Å²) >= 11 is 8.46. The lowest BCUT2D eigenvalue weighted by Gasteiger charge is -2.30. The van der Waals surface area contributed by atoms with Gasteiger partial charge in [-0.25, -0.2) is 0 Å². The molecule has 28 heavy (non-hydrogen) atoms. The maximum absolute atomic E-state index is 12.4. The number of fused-ring (bicyclic) bond motifs is 1. The van der Waals surface area contributed by atoms with Crippen molar-refractivity contribution in [3.05, 3.63) is 53.4 Å². The van der Waals surface area contributed by atoms with Crippen molar-refractivity contribution in [2.45, 2.75) is 42.6 Å². The van der Waals surface area contributed by atoms with E-state index in [1.807, 2.05) is 18.2 Å². The summed E-state index contributed by atoms with van der Waals surface area (Å²) in [7, 11) is 0. The van der Waals surface area contributed by atoms with E-state index in [2.05, 4.69) is 50.7 Å². The Bertz CT molecular complexity index is 995. The molecule has 1 amide bonds. The molecule has 5 nitrogen and oxygen atoms in total. The van der Waals surface area contributed by atoms with Gasteiger partial charge < -0.3 is 5.32 Å². The maximum Gasteiger partial charge on any atom is 0.257 e. The number of amides is 1. The summed E-state index contributed by atoms with van der Waals surface area (Å²) in [6.07, 6.45) is 10.00. The van der Waals surface area contributed by atoms with E-state index in [4.69, 9.17) is 16.7 Å². The fraction of sp³-hybridized carbons (Fsp3) is 0.381. The average molecular weight is 509 g/mol. The summed E-state index contributed by atoms with van der Waals surface area (Å²) in [5.74, 6) is 0.595. The average Bonchev–Trinajstić information content (AvgIpc) is 3.11. The van der Waals surface area contributed by atoms with Crippen LogP contribution in [0, 0.1) is 5.92 Å². The van der Waals surface area contributed by atoms with E-state index in [-0.39, 0.29) is 5.91 Å². The largest absolute Gasteiger partial charge is 0.322 e.